The predicted molar refractivity (Wildman–Crippen MR) is 73.9 cm³/mol. The zero-order valence-electron chi connectivity index (χ0n) is 11.3. The zero-order valence-corrected chi connectivity index (χ0v) is 11.3. The van der Waals surface area contributed by atoms with Crippen molar-refractivity contribution >= 4 is 12.0 Å². The molecule has 0 fully saturated rings. The Hall–Kier alpha value is -1.77. The van der Waals surface area contributed by atoms with Gasteiger partial charge in [0, 0.05) is 6.04 Å². The van der Waals surface area contributed by atoms with Gasteiger partial charge < -0.3 is 10.1 Å². The Morgan fingerprint density at radius 2 is 2.00 bits per heavy atom. The Bertz CT molecular complexity index is 398. The highest BCUT2D eigenvalue weighted by molar-refractivity contribution is 5.95. The van der Waals surface area contributed by atoms with Gasteiger partial charge in [0.2, 0.25) is 0 Å². The van der Waals surface area contributed by atoms with Gasteiger partial charge in [-0.3, -0.25) is 4.79 Å². The Kier molecular flexibility index (Phi) is 5.98. The van der Waals surface area contributed by atoms with E-state index in [2.05, 4.69) is 5.32 Å². The van der Waals surface area contributed by atoms with Gasteiger partial charge in [-0.05, 0) is 31.9 Å². The first kappa shape index (κ1) is 14.3. The summed E-state index contributed by atoms with van der Waals surface area (Å²) >= 11 is 0. The van der Waals surface area contributed by atoms with E-state index in [4.69, 9.17) is 4.74 Å². The van der Waals surface area contributed by atoms with Gasteiger partial charge in [0.25, 0.3) is 5.91 Å². The van der Waals surface area contributed by atoms with Crippen LogP contribution in [0, 0.1) is 0 Å². The van der Waals surface area contributed by atoms with Crippen LogP contribution in [0.15, 0.2) is 36.1 Å². The largest absolute Gasteiger partial charge is 0.488 e. The molecule has 0 aliphatic rings. The molecule has 1 amide bonds. The van der Waals surface area contributed by atoms with Crippen molar-refractivity contribution in [2.75, 3.05) is 6.61 Å². The number of hydrogen-bond acceptors (Lipinski definition) is 2. The van der Waals surface area contributed by atoms with Crippen LogP contribution < -0.4 is 5.32 Å². The van der Waals surface area contributed by atoms with Gasteiger partial charge >= 0.3 is 0 Å². The summed E-state index contributed by atoms with van der Waals surface area (Å²) in [6.07, 6.45) is 2.66. The van der Waals surface area contributed by atoms with Crippen LogP contribution in [0.4, 0.5) is 0 Å². The van der Waals surface area contributed by atoms with Crippen molar-refractivity contribution in [1.82, 2.24) is 5.32 Å². The normalized spacial score (nSPS) is 12.9. The zero-order chi connectivity index (χ0) is 13.4. The number of ether oxygens (including phenoxy) is 1. The van der Waals surface area contributed by atoms with E-state index in [-0.39, 0.29) is 11.9 Å². The number of rotatable bonds is 6. The fourth-order valence-electron chi connectivity index (χ4n) is 1.43. The maximum Gasteiger partial charge on any atom is 0.286 e. The summed E-state index contributed by atoms with van der Waals surface area (Å²) in [6.45, 7) is 6.36. The maximum atomic E-state index is 12.0. The van der Waals surface area contributed by atoms with Crippen molar-refractivity contribution in [1.29, 1.82) is 0 Å². The lowest BCUT2D eigenvalue weighted by Gasteiger charge is -2.13. The fraction of sp³-hybridized carbons (Fsp3) is 0.400. The first-order chi connectivity index (χ1) is 8.67. The molecule has 1 rings (SSSR count). The molecule has 3 nitrogen and oxygen atoms in total. The lowest BCUT2D eigenvalue weighted by molar-refractivity contribution is -0.121. The lowest BCUT2D eigenvalue weighted by Crippen LogP contribution is -2.33. The third-order valence-electron chi connectivity index (χ3n) is 2.61. The molecule has 0 saturated heterocycles. The van der Waals surface area contributed by atoms with E-state index in [0.29, 0.717) is 12.4 Å². The van der Waals surface area contributed by atoms with E-state index in [0.717, 1.165) is 12.0 Å². The molecule has 1 unspecified atom stereocenters. The quantitative estimate of drug-likeness (QED) is 0.620. The molecule has 3 heteroatoms. The van der Waals surface area contributed by atoms with Crippen molar-refractivity contribution < 1.29 is 9.53 Å². The van der Waals surface area contributed by atoms with Crippen molar-refractivity contribution in [2.45, 2.75) is 33.2 Å². The summed E-state index contributed by atoms with van der Waals surface area (Å²) < 4.78 is 5.40. The minimum atomic E-state index is -0.157. The second-order valence-electron chi connectivity index (χ2n) is 4.14. The van der Waals surface area contributed by atoms with E-state index in [1.807, 2.05) is 51.1 Å². The van der Waals surface area contributed by atoms with E-state index < -0.39 is 0 Å². The van der Waals surface area contributed by atoms with Gasteiger partial charge in [0.05, 0.1) is 6.61 Å². The van der Waals surface area contributed by atoms with Gasteiger partial charge in [-0.15, -0.1) is 0 Å². The van der Waals surface area contributed by atoms with Crippen LogP contribution in [0.1, 0.15) is 32.8 Å². The van der Waals surface area contributed by atoms with Crippen LogP contribution in [-0.2, 0) is 9.53 Å². The molecule has 0 bridgehead atoms. The maximum absolute atomic E-state index is 12.0. The molecule has 0 aliphatic carbocycles. The monoisotopic (exact) mass is 247 g/mol. The Morgan fingerprint density at radius 3 is 2.56 bits per heavy atom. The number of benzene rings is 1. The van der Waals surface area contributed by atoms with Crippen LogP contribution in [0.5, 0.6) is 0 Å². The summed E-state index contributed by atoms with van der Waals surface area (Å²) in [5.74, 6) is 0.207. The van der Waals surface area contributed by atoms with E-state index in [1.54, 1.807) is 6.08 Å². The molecule has 0 heterocycles. The molecule has 0 aromatic heterocycles. The molecule has 0 radical (unpaired) electrons. The molecule has 18 heavy (non-hydrogen) atoms. The van der Waals surface area contributed by atoms with Crippen molar-refractivity contribution in [3.05, 3.63) is 41.7 Å². The van der Waals surface area contributed by atoms with Gasteiger partial charge in [0.1, 0.15) is 0 Å². The van der Waals surface area contributed by atoms with Crippen LogP contribution in [0.3, 0.4) is 0 Å². The lowest BCUT2D eigenvalue weighted by atomic mass is 10.2. The smallest absolute Gasteiger partial charge is 0.286 e. The minimum Gasteiger partial charge on any atom is -0.488 e. The number of carbonyl (C=O) groups is 1. The molecule has 1 aromatic rings. The summed E-state index contributed by atoms with van der Waals surface area (Å²) in [7, 11) is 0. The first-order valence-corrected chi connectivity index (χ1v) is 6.37. The van der Waals surface area contributed by atoms with Crippen LogP contribution in [0.25, 0.3) is 6.08 Å². The third kappa shape index (κ3) is 4.62. The average molecular weight is 247 g/mol. The van der Waals surface area contributed by atoms with Gasteiger partial charge in [-0.25, -0.2) is 0 Å². The predicted octanol–water partition coefficient (Wildman–Crippen LogP) is 2.98. The van der Waals surface area contributed by atoms with Gasteiger partial charge in [0.15, 0.2) is 5.76 Å². The van der Waals surface area contributed by atoms with Gasteiger partial charge in [-0.2, -0.15) is 0 Å². The van der Waals surface area contributed by atoms with Crippen molar-refractivity contribution in [2.24, 2.45) is 0 Å². The molecule has 0 spiro atoms. The molecule has 98 valence electrons. The highest BCUT2D eigenvalue weighted by atomic mass is 16.5. The summed E-state index contributed by atoms with van der Waals surface area (Å²) in [6, 6.07) is 9.84. The second-order valence-corrected chi connectivity index (χ2v) is 4.14. The number of nitrogens with one attached hydrogen (secondary N) is 1. The van der Waals surface area contributed by atoms with E-state index in [9.17, 15) is 4.79 Å². The SMILES string of the molecule is CCO/C(=C/c1ccccc1)C(=O)NC(C)CC. The summed E-state index contributed by atoms with van der Waals surface area (Å²) in [5, 5.41) is 2.90. The Morgan fingerprint density at radius 1 is 1.33 bits per heavy atom. The minimum absolute atomic E-state index is 0.150. The Balaban J connectivity index is 2.82. The molecule has 0 saturated carbocycles. The molecule has 0 aliphatic heterocycles. The average Bonchev–Trinajstić information content (AvgIpc) is 2.39. The molecule has 1 aromatic carbocycles. The number of amides is 1. The van der Waals surface area contributed by atoms with Crippen molar-refractivity contribution in [3.63, 3.8) is 0 Å². The highest BCUT2D eigenvalue weighted by Crippen LogP contribution is 2.08. The standard InChI is InChI=1S/C15H21NO2/c1-4-12(3)16-15(17)14(18-5-2)11-13-9-7-6-8-10-13/h6-12H,4-5H2,1-3H3,(H,16,17)/b14-11+. The van der Waals surface area contributed by atoms with Crippen LogP contribution in [-0.4, -0.2) is 18.6 Å². The Labute approximate surface area is 109 Å². The van der Waals surface area contributed by atoms with E-state index in [1.165, 1.54) is 0 Å². The summed E-state index contributed by atoms with van der Waals surface area (Å²) in [4.78, 5) is 12.0. The molecule has 1 N–H and O–H groups in total. The van der Waals surface area contributed by atoms with E-state index >= 15 is 0 Å². The molecule has 1 atom stereocenters. The fourth-order valence-corrected chi connectivity index (χ4v) is 1.43. The van der Waals surface area contributed by atoms with Crippen molar-refractivity contribution in [3.8, 4) is 0 Å². The number of carbonyl (C=O) groups excluding carboxylic acids is 1. The first-order valence-electron chi connectivity index (χ1n) is 6.37. The highest BCUT2D eigenvalue weighted by Gasteiger charge is 2.12. The topological polar surface area (TPSA) is 38.3 Å². The molecular weight excluding hydrogens is 226 g/mol. The molecular formula is C15H21NO2. The number of hydrogen-bond donors (Lipinski definition) is 1. The second kappa shape index (κ2) is 7.54. The van der Waals surface area contributed by atoms with Gasteiger partial charge in [-0.1, -0.05) is 37.3 Å². The summed E-state index contributed by atoms with van der Waals surface area (Å²) in [5.41, 5.74) is 0.959. The van der Waals surface area contributed by atoms with Crippen LogP contribution in [0.2, 0.25) is 0 Å². The third-order valence-corrected chi connectivity index (χ3v) is 2.61. The van der Waals surface area contributed by atoms with Crippen LogP contribution >= 0.6 is 0 Å².